The molecule has 3 rings (SSSR count). The Hall–Kier alpha value is -2.91. The predicted octanol–water partition coefficient (Wildman–Crippen LogP) is 4.74. The van der Waals surface area contributed by atoms with Gasteiger partial charge in [-0.2, -0.15) is 0 Å². The van der Waals surface area contributed by atoms with Gasteiger partial charge in [-0.3, -0.25) is 9.10 Å². The SMILES string of the molecule is COc1ccc(N(CC(=O)Nc2ccc(Br)c(C)c2)S(=O)(=O)c2ccc(F)cc2)cc1. The Bertz CT molecular complexity index is 1180. The van der Waals surface area contributed by atoms with E-state index in [1.54, 1.807) is 30.3 Å². The Morgan fingerprint density at radius 1 is 1.06 bits per heavy atom. The highest BCUT2D eigenvalue weighted by molar-refractivity contribution is 9.10. The first-order valence-electron chi connectivity index (χ1n) is 9.19. The van der Waals surface area contributed by atoms with E-state index in [0.29, 0.717) is 11.4 Å². The lowest BCUT2D eigenvalue weighted by molar-refractivity contribution is -0.114. The van der Waals surface area contributed by atoms with Crippen molar-refractivity contribution in [2.24, 2.45) is 0 Å². The molecule has 3 aromatic rings. The van der Waals surface area contributed by atoms with Gasteiger partial charge in [-0.05, 0) is 79.2 Å². The zero-order chi connectivity index (χ0) is 22.6. The van der Waals surface area contributed by atoms with Crippen LogP contribution in [0, 0.1) is 12.7 Å². The topological polar surface area (TPSA) is 75.7 Å². The van der Waals surface area contributed by atoms with Gasteiger partial charge in [-0.25, -0.2) is 12.8 Å². The number of ether oxygens (including phenoxy) is 1. The molecule has 0 aliphatic rings. The molecular formula is C22H20BrFN2O4S. The summed E-state index contributed by atoms with van der Waals surface area (Å²) in [7, 11) is -2.64. The smallest absolute Gasteiger partial charge is 0.264 e. The summed E-state index contributed by atoms with van der Waals surface area (Å²) < 4.78 is 46.8. The van der Waals surface area contributed by atoms with Crippen LogP contribution in [-0.2, 0) is 14.8 Å². The first-order chi connectivity index (χ1) is 14.7. The molecule has 31 heavy (non-hydrogen) atoms. The van der Waals surface area contributed by atoms with Crippen LogP contribution in [0.2, 0.25) is 0 Å². The van der Waals surface area contributed by atoms with Crippen LogP contribution in [0.25, 0.3) is 0 Å². The van der Waals surface area contributed by atoms with E-state index in [0.717, 1.165) is 38.6 Å². The van der Waals surface area contributed by atoms with Gasteiger partial charge >= 0.3 is 0 Å². The van der Waals surface area contributed by atoms with Gasteiger partial charge in [0, 0.05) is 10.2 Å². The van der Waals surface area contributed by atoms with Crippen molar-refractivity contribution < 1.29 is 22.3 Å². The van der Waals surface area contributed by atoms with Crippen LogP contribution in [0.1, 0.15) is 5.56 Å². The molecule has 0 radical (unpaired) electrons. The van der Waals surface area contributed by atoms with Crippen LogP contribution in [0.3, 0.4) is 0 Å². The minimum absolute atomic E-state index is 0.128. The molecule has 9 heteroatoms. The number of rotatable bonds is 7. The van der Waals surface area contributed by atoms with Crippen LogP contribution >= 0.6 is 15.9 Å². The number of halogens is 2. The molecule has 0 saturated carbocycles. The minimum Gasteiger partial charge on any atom is -0.497 e. The lowest BCUT2D eigenvalue weighted by Crippen LogP contribution is -2.38. The Kier molecular flexibility index (Phi) is 6.97. The summed E-state index contributed by atoms with van der Waals surface area (Å²) in [5.41, 5.74) is 1.73. The summed E-state index contributed by atoms with van der Waals surface area (Å²) in [5, 5.41) is 2.71. The van der Waals surface area contributed by atoms with Gasteiger partial charge in [0.25, 0.3) is 10.0 Å². The number of anilines is 2. The van der Waals surface area contributed by atoms with E-state index in [4.69, 9.17) is 4.74 Å². The second kappa shape index (κ2) is 9.49. The quantitative estimate of drug-likeness (QED) is 0.502. The van der Waals surface area contributed by atoms with Gasteiger partial charge in [0.15, 0.2) is 0 Å². The zero-order valence-electron chi connectivity index (χ0n) is 16.8. The van der Waals surface area contributed by atoms with E-state index in [-0.39, 0.29) is 10.6 Å². The average Bonchev–Trinajstić information content (AvgIpc) is 2.75. The Morgan fingerprint density at radius 3 is 2.29 bits per heavy atom. The molecule has 0 fully saturated rings. The molecule has 0 aliphatic heterocycles. The number of amides is 1. The third kappa shape index (κ3) is 5.42. The highest BCUT2D eigenvalue weighted by Crippen LogP contribution is 2.26. The predicted molar refractivity (Wildman–Crippen MR) is 121 cm³/mol. The highest BCUT2D eigenvalue weighted by Gasteiger charge is 2.27. The van der Waals surface area contributed by atoms with Crippen molar-refractivity contribution in [3.63, 3.8) is 0 Å². The highest BCUT2D eigenvalue weighted by atomic mass is 79.9. The van der Waals surface area contributed by atoms with Crippen molar-refractivity contribution in [1.29, 1.82) is 0 Å². The summed E-state index contributed by atoms with van der Waals surface area (Å²) in [4.78, 5) is 12.6. The molecule has 0 heterocycles. The van der Waals surface area contributed by atoms with Gasteiger partial charge in [0.1, 0.15) is 18.1 Å². The number of carbonyl (C=O) groups is 1. The van der Waals surface area contributed by atoms with Crippen LogP contribution in [0.4, 0.5) is 15.8 Å². The molecule has 0 bridgehead atoms. The van der Waals surface area contributed by atoms with Crippen LogP contribution in [0.15, 0.2) is 76.1 Å². The lowest BCUT2D eigenvalue weighted by Gasteiger charge is -2.24. The number of nitrogens with one attached hydrogen (secondary N) is 1. The standard InChI is InChI=1S/C22H20BrFN2O4S/c1-15-13-17(5-12-21(15)23)25-22(27)14-26(18-6-8-19(30-2)9-7-18)31(28,29)20-10-3-16(24)4-11-20/h3-13H,14H2,1-2H3,(H,25,27). The number of benzene rings is 3. The third-order valence-corrected chi connectivity index (χ3v) is 7.17. The summed E-state index contributed by atoms with van der Waals surface area (Å²) in [6.07, 6.45) is 0. The Balaban J connectivity index is 1.93. The first-order valence-corrected chi connectivity index (χ1v) is 11.4. The number of nitrogens with zero attached hydrogens (tertiary/aromatic N) is 1. The fraction of sp³-hybridized carbons (Fsp3) is 0.136. The maximum Gasteiger partial charge on any atom is 0.264 e. The Morgan fingerprint density at radius 2 is 1.71 bits per heavy atom. The normalized spacial score (nSPS) is 11.1. The zero-order valence-corrected chi connectivity index (χ0v) is 19.2. The molecule has 0 aliphatic carbocycles. The number of carbonyl (C=O) groups excluding carboxylic acids is 1. The van der Waals surface area contributed by atoms with Crippen LogP contribution in [0.5, 0.6) is 5.75 Å². The molecule has 0 unspecified atom stereocenters. The Labute approximate surface area is 188 Å². The summed E-state index contributed by atoms with van der Waals surface area (Å²) in [6.45, 7) is 1.41. The van der Waals surface area contributed by atoms with E-state index < -0.39 is 28.3 Å². The molecule has 1 N–H and O–H groups in total. The van der Waals surface area contributed by atoms with Crippen LogP contribution in [-0.4, -0.2) is 28.0 Å². The van der Waals surface area contributed by atoms with Crippen molar-refractivity contribution in [2.75, 3.05) is 23.3 Å². The fourth-order valence-electron chi connectivity index (χ4n) is 2.85. The van der Waals surface area contributed by atoms with Gasteiger partial charge in [-0.15, -0.1) is 0 Å². The van der Waals surface area contributed by atoms with Crippen molar-refractivity contribution in [3.8, 4) is 5.75 Å². The van der Waals surface area contributed by atoms with E-state index in [1.165, 1.54) is 19.2 Å². The molecule has 1 amide bonds. The summed E-state index contributed by atoms with van der Waals surface area (Å²) in [6, 6.07) is 16.0. The summed E-state index contributed by atoms with van der Waals surface area (Å²) in [5.74, 6) is -0.542. The maximum absolute atomic E-state index is 13.3. The first kappa shape index (κ1) is 22.8. The van der Waals surface area contributed by atoms with Crippen LogP contribution < -0.4 is 14.4 Å². The van der Waals surface area contributed by atoms with Gasteiger partial charge in [0.05, 0.1) is 17.7 Å². The fourth-order valence-corrected chi connectivity index (χ4v) is 4.52. The minimum atomic E-state index is -4.14. The number of methoxy groups -OCH3 is 1. The number of aryl methyl sites for hydroxylation is 1. The molecule has 162 valence electrons. The average molecular weight is 507 g/mol. The molecule has 3 aromatic carbocycles. The number of sulfonamides is 1. The molecule has 0 saturated heterocycles. The largest absolute Gasteiger partial charge is 0.497 e. The second-order valence-electron chi connectivity index (χ2n) is 6.68. The molecule has 0 spiro atoms. The van der Waals surface area contributed by atoms with E-state index >= 15 is 0 Å². The van der Waals surface area contributed by atoms with E-state index in [1.807, 2.05) is 6.92 Å². The maximum atomic E-state index is 13.3. The van der Waals surface area contributed by atoms with E-state index in [9.17, 15) is 17.6 Å². The van der Waals surface area contributed by atoms with Gasteiger partial charge in [0.2, 0.25) is 5.91 Å². The third-order valence-electron chi connectivity index (χ3n) is 4.49. The van der Waals surface area contributed by atoms with Crippen molar-refractivity contribution in [3.05, 3.63) is 82.6 Å². The molecule has 6 nitrogen and oxygen atoms in total. The van der Waals surface area contributed by atoms with Crippen molar-refractivity contribution in [2.45, 2.75) is 11.8 Å². The number of hydrogen-bond donors (Lipinski definition) is 1. The number of hydrogen-bond acceptors (Lipinski definition) is 4. The van der Waals surface area contributed by atoms with E-state index in [2.05, 4.69) is 21.2 Å². The molecular weight excluding hydrogens is 487 g/mol. The molecule has 0 atom stereocenters. The van der Waals surface area contributed by atoms with Crippen molar-refractivity contribution in [1.82, 2.24) is 0 Å². The van der Waals surface area contributed by atoms with Gasteiger partial charge in [-0.1, -0.05) is 15.9 Å². The summed E-state index contributed by atoms with van der Waals surface area (Å²) >= 11 is 3.40. The van der Waals surface area contributed by atoms with Crippen molar-refractivity contribution >= 4 is 43.2 Å². The lowest BCUT2D eigenvalue weighted by atomic mass is 10.2. The second-order valence-corrected chi connectivity index (χ2v) is 9.39. The molecule has 0 aromatic heterocycles. The van der Waals surface area contributed by atoms with Gasteiger partial charge < -0.3 is 10.1 Å². The monoisotopic (exact) mass is 506 g/mol.